The topological polar surface area (TPSA) is 48.1 Å². The van der Waals surface area contributed by atoms with Crippen LogP contribution in [0.1, 0.15) is 5.69 Å². The first kappa shape index (κ1) is 11.6. The molecule has 0 amide bonds. The van der Waals surface area contributed by atoms with Crippen molar-refractivity contribution in [3.63, 3.8) is 0 Å². The molecule has 2 N–H and O–H groups in total. The number of aromatic nitrogens is 1. The van der Waals surface area contributed by atoms with Gasteiger partial charge in [-0.25, -0.2) is 0 Å². The third-order valence-corrected chi connectivity index (χ3v) is 2.59. The van der Waals surface area contributed by atoms with Crippen LogP contribution < -0.4 is 10.5 Å². The smallest absolute Gasteiger partial charge is 0.118 e. The van der Waals surface area contributed by atoms with Gasteiger partial charge in [-0.05, 0) is 42.9 Å². The van der Waals surface area contributed by atoms with E-state index in [4.69, 9.17) is 10.5 Å². The summed E-state index contributed by atoms with van der Waals surface area (Å²) in [6.07, 6.45) is 0.810. The summed E-state index contributed by atoms with van der Waals surface area (Å²) in [5.41, 5.74) is 8.62. The highest BCUT2D eigenvalue weighted by Crippen LogP contribution is 2.20. The predicted molar refractivity (Wildman–Crippen MR) is 69.0 cm³/mol. The highest BCUT2D eigenvalue weighted by Gasteiger charge is 2.01. The zero-order valence-corrected chi connectivity index (χ0v) is 9.89. The lowest BCUT2D eigenvalue weighted by atomic mass is 10.1. The van der Waals surface area contributed by atoms with Crippen LogP contribution in [0.3, 0.4) is 0 Å². The van der Waals surface area contributed by atoms with Crippen LogP contribution in [-0.4, -0.2) is 18.6 Å². The van der Waals surface area contributed by atoms with Gasteiger partial charge in [-0.2, -0.15) is 0 Å². The second-order valence-corrected chi connectivity index (χ2v) is 3.78. The molecule has 88 valence electrons. The zero-order valence-electron chi connectivity index (χ0n) is 9.89. The van der Waals surface area contributed by atoms with Gasteiger partial charge in [0.15, 0.2) is 0 Å². The summed E-state index contributed by atoms with van der Waals surface area (Å²) in [5.74, 6) is 0.854. The molecule has 0 bridgehead atoms. The second kappa shape index (κ2) is 5.46. The Hall–Kier alpha value is -1.87. The van der Waals surface area contributed by atoms with Crippen molar-refractivity contribution in [1.82, 2.24) is 4.98 Å². The quantitative estimate of drug-likeness (QED) is 0.873. The van der Waals surface area contributed by atoms with Crippen molar-refractivity contribution in [1.29, 1.82) is 0 Å². The largest absolute Gasteiger partial charge is 0.497 e. The number of hydrogen-bond acceptors (Lipinski definition) is 3. The van der Waals surface area contributed by atoms with Gasteiger partial charge < -0.3 is 10.5 Å². The lowest BCUT2D eigenvalue weighted by Crippen LogP contribution is -2.04. The van der Waals surface area contributed by atoms with E-state index < -0.39 is 0 Å². The minimum Gasteiger partial charge on any atom is -0.497 e. The summed E-state index contributed by atoms with van der Waals surface area (Å²) in [5, 5.41) is 0. The number of rotatable bonds is 4. The number of benzene rings is 1. The van der Waals surface area contributed by atoms with Crippen LogP contribution in [0, 0.1) is 0 Å². The first-order chi connectivity index (χ1) is 8.33. The summed E-state index contributed by atoms with van der Waals surface area (Å²) in [6, 6.07) is 13.9. The maximum absolute atomic E-state index is 5.53. The molecule has 0 aliphatic heterocycles. The molecule has 1 heterocycles. The van der Waals surface area contributed by atoms with Crippen molar-refractivity contribution >= 4 is 0 Å². The molecule has 1 aromatic carbocycles. The van der Waals surface area contributed by atoms with Crippen molar-refractivity contribution in [3.8, 4) is 17.0 Å². The molecule has 3 heteroatoms. The third-order valence-electron chi connectivity index (χ3n) is 2.59. The Balaban J connectivity index is 2.28. The van der Waals surface area contributed by atoms with E-state index in [2.05, 4.69) is 4.98 Å². The van der Waals surface area contributed by atoms with Gasteiger partial charge in [0.05, 0.1) is 12.8 Å². The van der Waals surface area contributed by atoms with Gasteiger partial charge in [0.2, 0.25) is 0 Å². The summed E-state index contributed by atoms with van der Waals surface area (Å²) < 4.78 is 5.13. The highest BCUT2D eigenvalue weighted by atomic mass is 16.5. The number of ether oxygens (including phenoxy) is 1. The summed E-state index contributed by atoms with van der Waals surface area (Å²) >= 11 is 0. The Morgan fingerprint density at radius 1 is 1.12 bits per heavy atom. The Morgan fingerprint density at radius 3 is 2.53 bits per heavy atom. The van der Waals surface area contributed by atoms with E-state index in [1.807, 2.05) is 42.5 Å². The molecule has 0 spiro atoms. The van der Waals surface area contributed by atoms with Crippen molar-refractivity contribution in [2.75, 3.05) is 13.7 Å². The maximum atomic E-state index is 5.53. The zero-order chi connectivity index (χ0) is 12.1. The van der Waals surface area contributed by atoms with E-state index >= 15 is 0 Å². The highest BCUT2D eigenvalue weighted by molar-refractivity contribution is 5.60. The Bertz CT molecular complexity index is 480. The van der Waals surface area contributed by atoms with Crippen molar-refractivity contribution < 1.29 is 4.74 Å². The molecule has 17 heavy (non-hydrogen) atoms. The van der Waals surface area contributed by atoms with Crippen LogP contribution in [0.15, 0.2) is 42.5 Å². The number of nitrogens with zero attached hydrogens (tertiary/aromatic N) is 1. The van der Waals surface area contributed by atoms with Crippen LogP contribution in [0.2, 0.25) is 0 Å². The van der Waals surface area contributed by atoms with Crippen LogP contribution in [0.4, 0.5) is 0 Å². The van der Waals surface area contributed by atoms with Gasteiger partial charge >= 0.3 is 0 Å². The molecule has 0 atom stereocenters. The lowest BCUT2D eigenvalue weighted by molar-refractivity contribution is 0.415. The van der Waals surface area contributed by atoms with E-state index in [9.17, 15) is 0 Å². The molecular weight excluding hydrogens is 212 g/mol. The Labute approximate surface area is 101 Å². The molecule has 0 saturated carbocycles. The molecule has 0 unspecified atom stereocenters. The summed E-state index contributed by atoms with van der Waals surface area (Å²) in [7, 11) is 1.66. The van der Waals surface area contributed by atoms with Gasteiger partial charge in [0.1, 0.15) is 5.75 Å². The molecule has 2 rings (SSSR count). The summed E-state index contributed by atoms with van der Waals surface area (Å²) in [6.45, 7) is 0.624. The van der Waals surface area contributed by atoms with Crippen LogP contribution in [-0.2, 0) is 6.42 Å². The average Bonchev–Trinajstić information content (AvgIpc) is 2.40. The van der Waals surface area contributed by atoms with E-state index in [1.165, 1.54) is 0 Å². The van der Waals surface area contributed by atoms with Gasteiger partial charge in [0, 0.05) is 17.7 Å². The van der Waals surface area contributed by atoms with E-state index in [0.29, 0.717) is 6.54 Å². The normalized spacial score (nSPS) is 10.2. The van der Waals surface area contributed by atoms with Crippen molar-refractivity contribution in [2.24, 2.45) is 5.73 Å². The molecule has 2 aromatic rings. The molecule has 0 aliphatic rings. The van der Waals surface area contributed by atoms with Crippen LogP contribution in [0.5, 0.6) is 5.75 Å². The fourth-order valence-electron chi connectivity index (χ4n) is 1.69. The van der Waals surface area contributed by atoms with Crippen LogP contribution in [0.25, 0.3) is 11.3 Å². The molecule has 1 aromatic heterocycles. The first-order valence-corrected chi connectivity index (χ1v) is 5.64. The minimum absolute atomic E-state index is 0.624. The minimum atomic E-state index is 0.624. The third kappa shape index (κ3) is 2.82. The number of methoxy groups -OCH3 is 1. The number of nitrogens with two attached hydrogens (primary N) is 1. The molecule has 0 radical (unpaired) electrons. The molecule has 0 fully saturated rings. The van der Waals surface area contributed by atoms with Gasteiger partial charge in [-0.15, -0.1) is 0 Å². The monoisotopic (exact) mass is 228 g/mol. The van der Waals surface area contributed by atoms with E-state index in [0.717, 1.165) is 29.1 Å². The van der Waals surface area contributed by atoms with Crippen molar-refractivity contribution in [3.05, 3.63) is 48.2 Å². The van der Waals surface area contributed by atoms with Gasteiger partial charge in [0.25, 0.3) is 0 Å². The lowest BCUT2D eigenvalue weighted by Gasteiger charge is -2.05. The Kier molecular flexibility index (Phi) is 3.73. The predicted octanol–water partition coefficient (Wildman–Crippen LogP) is 2.26. The molecule has 3 nitrogen and oxygen atoms in total. The average molecular weight is 228 g/mol. The first-order valence-electron chi connectivity index (χ1n) is 5.64. The SMILES string of the molecule is COc1ccc(-c2cccc(CCN)n2)cc1. The molecule has 0 saturated heterocycles. The van der Waals surface area contributed by atoms with Gasteiger partial charge in [-0.1, -0.05) is 6.07 Å². The standard InChI is InChI=1S/C14H16N2O/c1-17-13-7-5-11(6-8-13)14-4-2-3-12(16-14)9-10-15/h2-8H,9-10,15H2,1H3. The number of pyridine rings is 1. The van der Waals surface area contributed by atoms with Crippen molar-refractivity contribution in [2.45, 2.75) is 6.42 Å². The van der Waals surface area contributed by atoms with E-state index in [-0.39, 0.29) is 0 Å². The van der Waals surface area contributed by atoms with Gasteiger partial charge in [-0.3, -0.25) is 4.98 Å². The maximum Gasteiger partial charge on any atom is 0.118 e. The van der Waals surface area contributed by atoms with Crippen LogP contribution >= 0.6 is 0 Å². The molecule has 0 aliphatic carbocycles. The fraction of sp³-hybridized carbons (Fsp3) is 0.214. The fourth-order valence-corrected chi connectivity index (χ4v) is 1.69. The van der Waals surface area contributed by atoms with E-state index in [1.54, 1.807) is 7.11 Å². The Morgan fingerprint density at radius 2 is 1.88 bits per heavy atom. The second-order valence-electron chi connectivity index (χ2n) is 3.78. The summed E-state index contributed by atoms with van der Waals surface area (Å²) in [4.78, 5) is 4.57. The molecular formula is C14H16N2O. The number of hydrogen-bond donors (Lipinski definition) is 1.